The zero-order chi connectivity index (χ0) is 19.8. The summed E-state index contributed by atoms with van der Waals surface area (Å²) in [5, 5.41) is 15.0. The summed E-state index contributed by atoms with van der Waals surface area (Å²) < 4.78 is 0. The lowest BCUT2D eigenvalue weighted by Crippen LogP contribution is -2.43. The van der Waals surface area contributed by atoms with Crippen LogP contribution in [0, 0.1) is 0 Å². The van der Waals surface area contributed by atoms with Gasteiger partial charge in [0.15, 0.2) is 0 Å². The number of nitrogens with one attached hydrogen (secondary N) is 1. The summed E-state index contributed by atoms with van der Waals surface area (Å²) in [5.41, 5.74) is 5.43. The molecule has 2 N–H and O–H groups in total. The largest absolute Gasteiger partial charge is 0.386 e. The molecular formula is C26H27NO. The Morgan fingerprint density at radius 1 is 0.821 bits per heavy atom. The summed E-state index contributed by atoms with van der Waals surface area (Å²) in [4.78, 5) is 0. The minimum atomic E-state index is -0.977. The van der Waals surface area contributed by atoms with Crippen LogP contribution in [0.3, 0.4) is 0 Å². The Labute approximate surface area is 167 Å². The number of fused-ring (bicyclic) bond motifs is 1. The van der Waals surface area contributed by atoms with Gasteiger partial charge in [-0.3, -0.25) is 0 Å². The fraction of sp³-hybridized carbons (Fsp3) is 0.231. The van der Waals surface area contributed by atoms with Crippen LogP contribution in [0.15, 0.2) is 90.5 Å². The Hall–Kier alpha value is -2.84. The molecule has 3 aromatic rings. The molecule has 2 nitrogen and oxygen atoms in total. The molecule has 1 aliphatic carbocycles. The average Bonchev–Trinajstić information content (AvgIpc) is 2.68. The number of hydrogen-bond acceptors (Lipinski definition) is 2. The van der Waals surface area contributed by atoms with E-state index in [-0.39, 0.29) is 5.41 Å². The molecule has 4 rings (SSSR count). The van der Waals surface area contributed by atoms with Crippen LogP contribution in [-0.2, 0) is 11.8 Å². The van der Waals surface area contributed by atoms with Crippen molar-refractivity contribution in [3.63, 3.8) is 0 Å². The second-order valence-corrected chi connectivity index (χ2v) is 8.33. The van der Waals surface area contributed by atoms with E-state index < -0.39 is 5.60 Å². The van der Waals surface area contributed by atoms with Gasteiger partial charge in [0.1, 0.15) is 0 Å². The molecule has 0 heterocycles. The first kappa shape index (κ1) is 18.5. The molecule has 0 amide bonds. The van der Waals surface area contributed by atoms with E-state index in [2.05, 4.69) is 72.9 Å². The van der Waals surface area contributed by atoms with Crippen LogP contribution in [0.2, 0.25) is 0 Å². The summed E-state index contributed by atoms with van der Waals surface area (Å²) in [7, 11) is 0. The van der Waals surface area contributed by atoms with Gasteiger partial charge in [-0.15, -0.1) is 0 Å². The number of para-hydroxylation sites is 1. The van der Waals surface area contributed by atoms with Crippen LogP contribution < -0.4 is 5.32 Å². The highest BCUT2D eigenvalue weighted by molar-refractivity contribution is 5.85. The summed E-state index contributed by atoms with van der Waals surface area (Å²) >= 11 is 0. The lowest BCUT2D eigenvalue weighted by Gasteiger charge is -2.44. The van der Waals surface area contributed by atoms with Crippen molar-refractivity contribution in [3.05, 3.63) is 107 Å². The highest BCUT2D eigenvalue weighted by Crippen LogP contribution is 2.49. The standard InChI is InChI=1S/C26H27NO/c1-25(2,28)24-23(27-21-15-8-5-9-16-21)22-17-11-10-12-19(22)18-26(24,3)20-13-6-4-7-14-20/h4-17,27-28H,18H2,1-3H3. The van der Waals surface area contributed by atoms with Crippen molar-refractivity contribution in [2.45, 2.75) is 38.2 Å². The maximum Gasteiger partial charge on any atom is 0.0832 e. The van der Waals surface area contributed by atoms with Gasteiger partial charge >= 0.3 is 0 Å². The molecule has 0 saturated heterocycles. The zero-order valence-electron chi connectivity index (χ0n) is 16.7. The number of rotatable bonds is 4. The van der Waals surface area contributed by atoms with Crippen LogP contribution in [0.5, 0.6) is 0 Å². The first-order valence-electron chi connectivity index (χ1n) is 9.83. The van der Waals surface area contributed by atoms with Crippen molar-refractivity contribution < 1.29 is 5.11 Å². The van der Waals surface area contributed by atoms with Crippen molar-refractivity contribution >= 4 is 11.4 Å². The Morgan fingerprint density at radius 3 is 2.04 bits per heavy atom. The maximum absolute atomic E-state index is 11.3. The number of anilines is 1. The summed E-state index contributed by atoms with van der Waals surface area (Å²) in [5.74, 6) is 0. The van der Waals surface area contributed by atoms with Crippen molar-refractivity contribution in [1.29, 1.82) is 0 Å². The molecule has 0 spiro atoms. The minimum Gasteiger partial charge on any atom is -0.386 e. The van der Waals surface area contributed by atoms with Gasteiger partial charge in [0.2, 0.25) is 0 Å². The van der Waals surface area contributed by atoms with Crippen LogP contribution in [-0.4, -0.2) is 10.7 Å². The second kappa shape index (κ2) is 6.96. The lowest BCUT2D eigenvalue weighted by molar-refractivity contribution is 0.104. The third kappa shape index (κ3) is 3.25. The first-order chi connectivity index (χ1) is 13.4. The van der Waals surface area contributed by atoms with E-state index in [1.807, 2.05) is 38.1 Å². The van der Waals surface area contributed by atoms with E-state index in [0.717, 1.165) is 28.9 Å². The van der Waals surface area contributed by atoms with E-state index in [9.17, 15) is 5.11 Å². The second-order valence-electron chi connectivity index (χ2n) is 8.33. The predicted molar refractivity (Wildman–Crippen MR) is 117 cm³/mol. The third-order valence-electron chi connectivity index (χ3n) is 5.70. The molecular weight excluding hydrogens is 342 g/mol. The SMILES string of the molecule is CC(C)(O)C1=C(Nc2ccccc2)c2ccccc2CC1(C)c1ccccc1. The van der Waals surface area contributed by atoms with Gasteiger partial charge in [-0.25, -0.2) is 0 Å². The highest BCUT2D eigenvalue weighted by atomic mass is 16.3. The quantitative estimate of drug-likeness (QED) is 0.609. The van der Waals surface area contributed by atoms with Crippen molar-refractivity contribution in [3.8, 4) is 0 Å². The normalized spacial score (nSPS) is 19.3. The molecule has 1 atom stereocenters. The zero-order valence-corrected chi connectivity index (χ0v) is 16.7. The van der Waals surface area contributed by atoms with Gasteiger partial charge in [-0.05, 0) is 49.1 Å². The average molecular weight is 370 g/mol. The molecule has 1 unspecified atom stereocenters. The molecule has 1 aliphatic rings. The van der Waals surface area contributed by atoms with Gasteiger partial charge in [0.25, 0.3) is 0 Å². The Morgan fingerprint density at radius 2 is 1.39 bits per heavy atom. The number of benzene rings is 3. The Bertz CT molecular complexity index is 999. The van der Waals surface area contributed by atoms with Gasteiger partial charge < -0.3 is 10.4 Å². The molecule has 0 fully saturated rings. The van der Waals surface area contributed by atoms with E-state index in [1.54, 1.807) is 0 Å². The molecule has 0 saturated carbocycles. The topological polar surface area (TPSA) is 32.3 Å². The fourth-order valence-corrected chi connectivity index (χ4v) is 4.63. The van der Waals surface area contributed by atoms with Crippen LogP contribution in [0.25, 0.3) is 5.70 Å². The van der Waals surface area contributed by atoms with E-state index in [0.29, 0.717) is 0 Å². The minimum absolute atomic E-state index is 0.315. The molecule has 142 valence electrons. The summed E-state index contributed by atoms with van der Waals surface area (Å²) in [6.07, 6.45) is 0.854. The molecule has 3 aromatic carbocycles. The third-order valence-corrected chi connectivity index (χ3v) is 5.70. The summed E-state index contributed by atoms with van der Waals surface area (Å²) in [6, 6.07) is 29.2. The van der Waals surface area contributed by atoms with Gasteiger partial charge in [-0.1, -0.05) is 79.7 Å². The van der Waals surface area contributed by atoms with E-state index in [4.69, 9.17) is 0 Å². The van der Waals surface area contributed by atoms with Crippen molar-refractivity contribution in [2.75, 3.05) is 5.32 Å². The maximum atomic E-state index is 11.3. The van der Waals surface area contributed by atoms with Gasteiger partial charge in [0, 0.05) is 22.4 Å². The van der Waals surface area contributed by atoms with E-state index >= 15 is 0 Å². The molecule has 0 radical (unpaired) electrons. The monoisotopic (exact) mass is 369 g/mol. The molecule has 0 bridgehead atoms. The van der Waals surface area contributed by atoms with Crippen molar-refractivity contribution in [2.24, 2.45) is 0 Å². The van der Waals surface area contributed by atoms with Crippen LogP contribution in [0.4, 0.5) is 5.69 Å². The number of hydrogen-bond donors (Lipinski definition) is 2. The molecule has 0 aromatic heterocycles. The van der Waals surface area contributed by atoms with Gasteiger partial charge in [-0.2, -0.15) is 0 Å². The lowest BCUT2D eigenvalue weighted by atomic mass is 9.62. The number of aliphatic hydroxyl groups is 1. The molecule has 28 heavy (non-hydrogen) atoms. The molecule has 0 aliphatic heterocycles. The van der Waals surface area contributed by atoms with Crippen LogP contribution in [0.1, 0.15) is 37.5 Å². The smallest absolute Gasteiger partial charge is 0.0832 e. The first-order valence-corrected chi connectivity index (χ1v) is 9.83. The predicted octanol–water partition coefficient (Wildman–Crippen LogP) is 5.79. The highest BCUT2D eigenvalue weighted by Gasteiger charge is 2.44. The molecule has 2 heteroatoms. The van der Waals surface area contributed by atoms with Gasteiger partial charge in [0.05, 0.1) is 5.60 Å². The fourth-order valence-electron chi connectivity index (χ4n) is 4.63. The Balaban J connectivity index is 2.00. The van der Waals surface area contributed by atoms with E-state index in [1.165, 1.54) is 11.1 Å². The summed E-state index contributed by atoms with van der Waals surface area (Å²) in [6.45, 7) is 6.03. The van der Waals surface area contributed by atoms with Crippen molar-refractivity contribution in [1.82, 2.24) is 0 Å². The van der Waals surface area contributed by atoms with Crippen LogP contribution >= 0.6 is 0 Å². The Kier molecular flexibility index (Phi) is 4.60.